The van der Waals surface area contributed by atoms with Crippen LogP contribution in [0, 0.1) is 0 Å². The van der Waals surface area contributed by atoms with Crippen molar-refractivity contribution in [2.75, 3.05) is 52.4 Å². The lowest BCUT2D eigenvalue weighted by Crippen LogP contribution is -2.36. The molecule has 1 amide bonds. The standard InChI is InChI=1S/C18H31N3O5S/c1-6-21(7-2)27(23,24)15-8-9-17(19-10-11-25-4)16(12-15)18(22)20-14(3)13-26-5/h8-9,12,14,19H,6-7,10-11,13H2,1-5H3,(H,20,22). The molecule has 0 aliphatic rings. The van der Waals surface area contributed by atoms with Crippen molar-refractivity contribution in [1.29, 1.82) is 0 Å². The first kappa shape index (κ1) is 23.4. The van der Waals surface area contributed by atoms with E-state index >= 15 is 0 Å². The summed E-state index contributed by atoms with van der Waals surface area (Å²) < 4.78 is 37.0. The molecule has 0 fully saturated rings. The topological polar surface area (TPSA) is 97.0 Å². The Morgan fingerprint density at radius 1 is 1.19 bits per heavy atom. The van der Waals surface area contributed by atoms with Crippen LogP contribution in [0.3, 0.4) is 0 Å². The molecule has 27 heavy (non-hydrogen) atoms. The van der Waals surface area contributed by atoms with E-state index in [1.807, 2.05) is 6.92 Å². The minimum absolute atomic E-state index is 0.0908. The van der Waals surface area contributed by atoms with Gasteiger partial charge in [0, 0.05) is 45.6 Å². The summed E-state index contributed by atoms with van der Waals surface area (Å²) in [5.74, 6) is -0.365. The van der Waals surface area contributed by atoms with Gasteiger partial charge in [-0.1, -0.05) is 13.8 Å². The van der Waals surface area contributed by atoms with Crippen molar-refractivity contribution in [3.05, 3.63) is 23.8 Å². The Bertz CT molecular complexity index is 705. The number of amides is 1. The molecule has 9 heteroatoms. The molecular weight excluding hydrogens is 370 g/mol. The normalized spacial score (nSPS) is 12.8. The molecule has 1 aromatic rings. The van der Waals surface area contributed by atoms with Crippen LogP contribution in [-0.2, 0) is 19.5 Å². The lowest BCUT2D eigenvalue weighted by atomic mass is 10.1. The van der Waals surface area contributed by atoms with Crippen LogP contribution in [0.5, 0.6) is 0 Å². The summed E-state index contributed by atoms with van der Waals surface area (Å²) in [7, 11) is -0.524. The number of rotatable bonds is 12. The van der Waals surface area contributed by atoms with Crippen LogP contribution in [0.15, 0.2) is 23.1 Å². The molecule has 0 heterocycles. The van der Waals surface area contributed by atoms with Gasteiger partial charge in [-0.2, -0.15) is 4.31 Å². The third-order valence-corrected chi connectivity index (χ3v) is 6.04. The number of benzene rings is 1. The summed E-state index contributed by atoms with van der Waals surface area (Å²) >= 11 is 0. The molecule has 8 nitrogen and oxygen atoms in total. The Balaban J connectivity index is 3.26. The number of nitrogens with one attached hydrogen (secondary N) is 2. The minimum Gasteiger partial charge on any atom is -0.383 e. The van der Waals surface area contributed by atoms with Crippen LogP contribution >= 0.6 is 0 Å². The van der Waals surface area contributed by atoms with E-state index in [0.29, 0.717) is 38.5 Å². The predicted molar refractivity (Wildman–Crippen MR) is 106 cm³/mol. The molecule has 2 N–H and O–H groups in total. The van der Waals surface area contributed by atoms with Crippen LogP contribution in [-0.4, -0.2) is 71.7 Å². The number of carbonyl (C=O) groups is 1. The molecule has 1 aromatic carbocycles. The molecule has 0 aliphatic carbocycles. The fourth-order valence-electron chi connectivity index (χ4n) is 2.62. The molecule has 0 spiro atoms. The fourth-order valence-corrected chi connectivity index (χ4v) is 4.10. The Hall–Kier alpha value is -1.68. The van der Waals surface area contributed by atoms with E-state index in [1.165, 1.54) is 16.4 Å². The smallest absolute Gasteiger partial charge is 0.253 e. The molecule has 0 saturated carbocycles. The monoisotopic (exact) mass is 401 g/mol. The summed E-state index contributed by atoms with van der Waals surface area (Å²) in [5, 5.41) is 5.93. The number of nitrogens with zero attached hydrogens (tertiary/aromatic N) is 1. The van der Waals surface area contributed by atoms with Gasteiger partial charge in [0.1, 0.15) is 0 Å². The summed E-state index contributed by atoms with van der Waals surface area (Å²) in [4.78, 5) is 12.8. The molecule has 1 unspecified atom stereocenters. The van der Waals surface area contributed by atoms with Gasteiger partial charge >= 0.3 is 0 Å². The van der Waals surface area contributed by atoms with Crippen molar-refractivity contribution in [3.8, 4) is 0 Å². The number of anilines is 1. The minimum atomic E-state index is -3.66. The first-order valence-electron chi connectivity index (χ1n) is 8.98. The lowest BCUT2D eigenvalue weighted by Gasteiger charge is -2.20. The van der Waals surface area contributed by atoms with Gasteiger partial charge in [-0.25, -0.2) is 8.42 Å². The molecule has 1 rings (SSSR count). The zero-order chi connectivity index (χ0) is 20.4. The molecular formula is C18H31N3O5S. The van der Waals surface area contributed by atoms with Gasteiger partial charge in [0.25, 0.3) is 5.91 Å². The number of hydrogen-bond donors (Lipinski definition) is 2. The zero-order valence-electron chi connectivity index (χ0n) is 16.7. The van der Waals surface area contributed by atoms with Gasteiger partial charge < -0.3 is 20.1 Å². The second-order valence-corrected chi connectivity index (χ2v) is 7.98. The van der Waals surface area contributed by atoms with E-state index < -0.39 is 10.0 Å². The maximum absolute atomic E-state index is 12.8. The molecule has 154 valence electrons. The average Bonchev–Trinajstić information content (AvgIpc) is 2.62. The van der Waals surface area contributed by atoms with Crippen LogP contribution in [0.4, 0.5) is 5.69 Å². The van der Waals surface area contributed by atoms with Gasteiger partial charge in [0.2, 0.25) is 10.0 Å². The van der Waals surface area contributed by atoms with E-state index in [4.69, 9.17) is 9.47 Å². The van der Waals surface area contributed by atoms with Crippen LogP contribution in [0.2, 0.25) is 0 Å². The summed E-state index contributed by atoms with van der Waals surface area (Å²) in [6.07, 6.45) is 0. The van der Waals surface area contributed by atoms with E-state index in [9.17, 15) is 13.2 Å². The van der Waals surface area contributed by atoms with Crippen molar-refractivity contribution in [3.63, 3.8) is 0 Å². The van der Waals surface area contributed by atoms with Crippen molar-refractivity contribution in [2.45, 2.75) is 31.7 Å². The highest BCUT2D eigenvalue weighted by Crippen LogP contribution is 2.23. The van der Waals surface area contributed by atoms with E-state index in [2.05, 4.69) is 10.6 Å². The van der Waals surface area contributed by atoms with Crippen LogP contribution < -0.4 is 10.6 Å². The molecule has 1 atom stereocenters. The van der Waals surface area contributed by atoms with Crippen molar-refractivity contribution >= 4 is 21.6 Å². The second kappa shape index (κ2) is 11.2. The highest BCUT2D eigenvalue weighted by Gasteiger charge is 2.24. The largest absolute Gasteiger partial charge is 0.383 e. The zero-order valence-corrected chi connectivity index (χ0v) is 17.6. The molecule has 0 radical (unpaired) electrons. The number of methoxy groups -OCH3 is 2. The van der Waals surface area contributed by atoms with E-state index in [1.54, 1.807) is 34.1 Å². The third kappa shape index (κ3) is 6.46. The number of hydrogen-bond acceptors (Lipinski definition) is 6. The first-order chi connectivity index (χ1) is 12.8. The molecule has 0 aromatic heterocycles. The van der Waals surface area contributed by atoms with Gasteiger partial charge in [0.05, 0.1) is 23.7 Å². The quantitative estimate of drug-likeness (QED) is 0.516. The van der Waals surface area contributed by atoms with Gasteiger partial charge in [-0.15, -0.1) is 0 Å². The van der Waals surface area contributed by atoms with Gasteiger partial charge in [-0.3, -0.25) is 4.79 Å². The summed E-state index contributed by atoms with van der Waals surface area (Å²) in [6.45, 7) is 7.40. The predicted octanol–water partition coefficient (Wildman–Crippen LogP) is 1.54. The average molecular weight is 402 g/mol. The third-order valence-electron chi connectivity index (χ3n) is 3.99. The van der Waals surface area contributed by atoms with Gasteiger partial charge in [0.15, 0.2) is 0 Å². The van der Waals surface area contributed by atoms with Crippen molar-refractivity contribution < 1.29 is 22.7 Å². The SMILES string of the molecule is CCN(CC)S(=O)(=O)c1ccc(NCCOC)c(C(=O)NC(C)COC)c1. The maximum atomic E-state index is 12.8. The van der Waals surface area contributed by atoms with Crippen LogP contribution in [0.25, 0.3) is 0 Å². The molecule has 0 saturated heterocycles. The number of carbonyl (C=O) groups excluding carboxylic acids is 1. The van der Waals surface area contributed by atoms with E-state index in [0.717, 1.165) is 0 Å². The van der Waals surface area contributed by atoms with E-state index in [-0.39, 0.29) is 22.4 Å². The Morgan fingerprint density at radius 2 is 1.85 bits per heavy atom. The maximum Gasteiger partial charge on any atom is 0.253 e. The highest BCUT2D eigenvalue weighted by atomic mass is 32.2. The fraction of sp³-hybridized carbons (Fsp3) is 0.611. The number of sulfonamides is 1. The van der Waals surface area contributed by atoms with Crippen LogP contribution in [0.1, 0.15) is 31.1 Å². The Morgan fingerprint density at radius 3 is 2.41 bits per heavy atom. The summed E-state index contributed by atoms with van der Waals surface area (Å²) in [5.41, 5.74) is 0.815. The first-order valence-corrected chi connectivity index (χ1v) is 10.4. The second-order valence-electron chi connectivity index (χ2n) is 6.05. The van der Waals surface area contributed by atoms with Crippen molar-refractivity contribution in [1.82, 2.24) is 9.62 Å². The molecule has 0 bridgehead atoms. The highest BCUT2D eigenvalue weighted by molar-refractivity contribution is 7.89. The Kier molecular flexibility index (Phi) is 9.71. The molecule has 0 aliphatic heterocycles. The van der Waals surface area contributed by atoms with Gasteiger partial charge in [-0.05, 0) is 25.1 Å². The summed E-state index contributed by atoms with van der Waals surface area (Å²) in [6, 6.07) is 4.33. The van der Waals surface area contributed by atoms with Crippen molar-refractivity contribution in [2.24, 2.45) is 0 Å². The Labute approximate surface area is 162 Å². The lowest BCUT2D eigenvalue weighted by molar-refractivity contribution is 0.0906. The number of ether oxygens (including phenoxy) is 2.